The zero-order chi connectivity index (χ0) is 21.9. The highest BCUT2D eigenvalue weighted by molar-refractivity contribution is 8.00. The minimum atomic E-state index is -4.41. The van der Waals surface area contributed by atoms with E-state index < -0.39 is 56.7 Å². The Hall–Kier alpha value is -1.75. The van der Waals surface area contributed by atoms with E-state index in [0.29, 0.717) is 0 Å². The molecule has 0 atom stereocenters. The number of benzene rings is 2. The second-order valence-electron chi connectivity index (χ2n) is 5.23. The van der Waals surface area contributed by atoms with E-state index >= 15 is 0 Å². The van der Waals surface area contributed by atoms with Crippen molar-refractivity contribution in [2.75, 3.05) is 5.32 Å². The van der Waals surface area contributed by atoms with Gasteiger partial charge in [0, 0.05) is 4.90 Å². The normalized spacial score (nSPS) is 11.5. The molecule has 4 nitrogen and oxygen atoms in total. The number of carbonyl (C=O) groups excluding carboxylic acids is 2. The smallest absolute Gasteiger partial charge is 0.306 e. The third-order valence-corrected chi connectivity index (χ3v) is 5.25. The molecule has 0 aliphatic carbocycles. The molecule has 0 saturated heterocycles. The van der Waals surface area contributed by atoms with Gasteiger partial charge in [0.15, 0.2) is 0 Å². The predicted molar refractivity (Wildman–Crippen MR) is 101 cm³/mol. The zero-order valence-corrected chi connectivity index (χ0v) is 16.8. The first-order chi connectivity index (χ1) is 13.4. The van der Waals surface area contributed by atoms with E-state index in [1.54, 1.807) is 5.32 Å². The number of halogens is 8. The average molecular weight is 494 g/mol. The SMILES string of the molecule is O=C(NC(=O)c1c(F)cccc1Cl)Nc1cc(Cl)c(SC(F)(F)C(F)F)cc1Cl. The Morgan fingerprint density at radius 2 is 1.69 bits per heavy atom. The first-order valence-electron chi connectivity index (χ1n) is 7.32. The summed E-state index contributed by atoms with van der Waals surface area (Å²) in [6.45, 7) is 0. The molecule has 29 heavy (non-hydrogen) atoms. The van der Waals surface area contributed by atoms with Crippen LogP contribution in [0.3, 0.4) is 0 Å². The van der Waals surface area contributed by atoms with Crippen LogP contribution in [0.1, 0.15) is 10.4 Å². The van der Waals surface area contributed by atoms with Gasteiger partial charge in [0.2, 0.25) is 0 Å². The van der Waals surface area contributed by atoms with Crippen molar-refractivity contribution in [1.29, 1.82) is 0 Å². The van der Waals surface area contributed by atoms with Crippen LogP contribution in [0.5, 0.6) is 0 Å². The van der Waals surface area contributed by atoms with Gasteiger partial charge >= 0.3 is 17.7 Å². The molecule has 0 aliphatic heterocycles. The minimum Gasteiger partial charge on any atom is -0.306 e. The van der Waals surface area contributed by atoms with Crippen molar-refractivity contribution < 1.29 is 31.5 Å². The molecule has 0 bridgehead atoms. The number of rotatable bonds is 5. The molecule has 0 aromatic heterocycles. The second kappa shape index (κ2) is 9.38. The number of thioether (sulfide) groups is 1. The number of carbonyl (C=O) groups is 2. The number of urea groups is 1. The topological polar surface area (TPSA) is 58.2 Å². The molecule has 0 heterocycles. The minimum absolute atomic E-state index is 0.216. The maximum Gasteiger partial charge on any atom is 0.357 e. The molecule has 0 radical (unpaired) electrons. The van der Waals surface area contributed by atoms with Crippen LogP contribution in [0.2, 0.25) is 15.1 Å². The van der Waals surface area contributed by atoms with Crippen molar-refractivity contribution in [2.45, 2.75) is 16.6 Å². The first kappa shape index (κ1) is 23.5. The van der Waals surface area contributed by atoms with Gasteiger partial charge in [-0.05, 0) is 36.0 Å². The Bertz CT molecular complexity index is 942. The molecule has 13 heteroatoms. The third-order valence-electron chi connectivity index (χ3n) is 3.19. The van der Waals surface area contributed by atoms with Crippen LogP contribution in [0.4, 0.5) is 32.4 Å². The van der Waals surface area contributed by atoms with Crippen molar-refractivity contribution in [1.82, 2.24) is 5.32 Å². The Labute approximate surface area is 179 Å². The largest absolute Gasteiger partial charge is 0.357 e. The lowest BCUT2D eigenvalue weighted by atomic mass is 10.2. The van der Waals surface area contributed by atoms with Crippen LogP contribution in [0.15, 0.2) is 35.2 Å². The van der Waals surface area contributed by atoms with Gasteiger partial charge in [-0.1, -0.05) is 40.9 Å². The number of imide groups is 1. The number of hydrogen-bond acceptors (Lipinski definition) is 3. The van der Waals surface area contributed by atoms with Gasteiger partial charge in [-0.2, -0.15) is 8.78 Å². The molecule has 3 amide bonds. The molecule has 0 saturated carbocycles. The fourth-order valence-corrected chi connectivity index (χ4v) is 3.45. The maximum absolute atomic E-state index is 13.7. The molecule has 2 aromatic carbocycles. The molecular weight excluding hydrogens is 486 g/mol. The molecule has 156 valence electrons. The van der Waals surface area contributed by atoms with E-state index in [1.807, 2.05) is 0 Å². The highest BCUT2D eigenvalue weighted by Gasteiger charge is 2.42. The van der Waals surface area contributed by atoms with E-state index in [2.05, 4.69) is 5.32 Å². The summed E-state index contributed by atoms with van der Waals surface area (Å²) < 4.78 is 64.7. The first-order valence-corrected chi connectivity index (χ1v) is 9.27. The van der Waals surface area contributed by atoms with Gasteiger partial charge in [-0.15, -0.1) is 0 Å². The van der Waals surface area contributed by atoms with Crippen molar-refractivity contribution in [3.8, 4) is 0 Å². The fraction of sp³-hybridized carbons (Fsp3) is 0.125. The predicted octanol–water partition coefficient (Wildman–Crippen LogP) is 6.70. The van der Waals surface area contributed by atoms with E-state index in [4.69, 9.17) is 34.8 Å². The molecule has 0 fully saturated rings. The molecule has 2 N–H and O–H groups in total. The fourth-order valence-electron chi connectivity index (χ4n) is 1.93. The summed E-state index contributed by atoms with van der Waals surface area (Å²) in [6.07, 6.45) is -3.94. The van der Waals surface area contributed by atoms with E-state index in [0.717, 1.165) is 18.2 Å². The van der Waals surface area contributed by atoms with Crippen LogP contribution < -0.4 is 10.6 Å². The highest BCUT2D eigenvalue weighted by Crippen LogP contribution is 2.45. The zero-order valence-electron chi connectivity index (χ0n) is 13.7. The lowest BCUT2D eigenvalue weighted by Gasteiger charge is -2.16. The standard InChI is InChI=1S/C16H8Cl3F5N2O2S/c17-6-2-1-3-9(20)12(6)13(27)26-15(28)25-10-4-8(19)11(5-7(10)18)29-16(23,24)14(21)22/h1-5,14H,(H2,25,26,27,28). The molecule has 0 aliphatic rings. The lowest BCUT2D eigenvalue weighted by Crippen LogP contribution is -2.35. The summed E-state index contributed by atoms with van der Waals surface area (Å²) in [5, 5.41) is -1.47. The number of amides is 3. The number of alkyl halides is 4. The van der Waals surface area contributed by atoms with Gasteiger partial charge in [0.05, 0.1) is 26.3 Å². The van der Waals surface area contributed by atoms with Crippen LogP contribution in [0.25, 0.3) is 0 Å². The van der Waals surface area contributed by atoms with Crippen molar-refractivity contribution >= 4 is 64.2 Å². The summed E-state index contributed by atoms with van der Waals surface area (Å²) in [5.74, 6) is -2.12. The summed E-state index contributed by atoms with van der Waals surface area (Å²) in [7, 11) is 0. The second-order valence-corrected chi connectivity index (χ2v) is 7.64. The number of hydrogen-bond donors (Lipinski definition) is 2. The van der Waals surface area contributed by atoms with Crippen molar-refractivity contribution in [2.24, 2.45) is 0 Å². The maximum atomic E-state index is 13.7. The molecule has 0 unspecified atom stereocenters. The highest BCUT2D eigenvalue weighted by atomic mass is 35.5. The molecule has 2 aromatic rings. The van der Waals surface area contributed by atoms with E-state index in [-0.39, 0.29) is 15.7 Å². The van der Waals surface area contributed by atoms with Gasteiger partial charge in [0.1, 0.15) is 5.82 Å². The number of anilines is 1. The van der Waals surface area contributed by atoms with Gasteiger partial charge < -0.3 is 5.32 Å². The summed E-state index contributed by atoms with van der Waals surface area (Å²) in [5.41, 5.74) is -0.791. The number of nitrogens with one attached hydrogen (secondary N) is 2. The summed E-state index contributed by atoms with van der Waals surface area (Å²) >= 11 is 16.8. The Balaban J connectivity index is 2.15. The molecular formula is C16H8Cl3F5N2O2S. The molecule has 2 rings (SSSR count). The van der Waals surface area contributed by atoms with Crippen LogP contribution in [-0.4, -0.2) is 23.6 Å². The Morgan fingerprint density at radius 1 is 1.03 bits per heavy atom. The van der Waals surface area contributed by atoms with E-state index in [1.165, 1.54) is 12.1 Å². The third kappa shape index (κ3) is 5.88. The van der Waals surface area contributed by atoms with E-state index in [9.17, 15) is 31.5 Å². The van der Waals surface area contributed by atoms with Crippen molar-refractivity contribution in [3.63, 3.8) is 0 Å². The average Bonchev–Trinajstić information content (AvgIpc) is 2.58. The van der Waals surface area contributed by atoms with Crippen LogP contribution >= 0.6 is 46.6 Å². The summed E-state index contributed by atoms with van der Waals surface area (Å²) in [6, 6.07) is 4.06. The Morgan fingerprint density at radius 3 is 2.28 bits per heavy atom. The monoisotopic (exact) mass is 492 g/mol. The quantitative estimate of drug-likeness (QED) is 0.360. The van der Waals surface area contributed by atoms with Gasteiger partial charge in [-0.25, -0.2) is 18.0 Å². The van der Waals surface area contributed by atoms with Crippen LogP contribution in [-0.2, 0) is 0 Å². The summed E-state index contributed by atoms with van der Waals surface area (Å²) in [4.78, 5) is 23.5. The Kier molecular flexibility index (Phi) is 7.61. The van der Waals surface area contributed by atoms with Crippen molar-refractivity contribution in [3.05, 3.63) is 56.8 Å². The molecule has 0 spiro atoms. The van der Waals surface area contributed by atoms with Gasteiger partial charge in [-0.3, -0.25) is 10.1 Å². The van der Waals surface area contributed by atoms with Crippen LogP contribution in [0, 0.1) is 5.82 Å². The van der Waals surface area contributed by atoms with Gasteiger partial charge in [0.25, 0.3) is 5.91 Å². The lowest BCUT2D eigenvalue weighted by molar-refractivity contribution is -0.0563.